The Kier molecular flexibility index (Phi) is 4.22. The van der Waals surface area contributed by atoms with E-state index in [0.29, 0.717) is 6.54 Å². The molecule has 2 fully saturated rings. The molecule has 3 rings (SSSR count). The monoisotopic (exact) mass is 274 g/mol. The summed E-state index contributed by atoms with van der Waals surface area (Å²) in [5.74, 6) is 1.14. The molecule has 1 unspecified atom stereocenters. The molecule has 1 atom stereocenters. The number of pyridine rings is 1. The molecule has 0 aromatic carbocycles. The number of anilines is 1. The molecule has 0 aliphatic carbocycles. The summed E-state index contributed by atoms with van der Waals surface area (Å²) in [6.45, 7) is 7.55. The van der Waals surface area contributed by atoms with E-state index in [1.165, 1.54) is 37.9 Å². The average molecular weight is 274 g/mol. The fraction of sp³-hybridized carbons (Fsp3) is 0.688. The van der Waals surface area contributed by atoms with Crippen LogP contribution in [0.15, 0.2) is 12.1 Å². The highest BCUT2D eigenvalue weighted by Crippen LogP contribution is 2.25. The van der Waals surface area contributed by atoms with E-state index in [1.54, 1.807) is 0 Å². The van der Waals surface area contributed by atoms with E-state index in [2.05, 4.69) is 28.9 Å². The van der Waals surface area contributed by atoms with Gasteiger partial charge in [-0.05, 0) is 49.9 Å². The van der Waals surface area contributed by atoms with Crippen molar-refractivity contribution in [2.75, 3.05) is 31.1 Å². The average Bonchev–Trinajstić information content (AvgIpc) is 2.83. The number of nitrogens with zero attached hydrogens (tertiary/aromatic N) is 3. The summed E-state index contributed by atoms with van der Waals surface area (Å²) in [6, 6.07) is 5.05. The lowest BCUT2D eigenvalue weighted by Crippen LogP contribution is -2.37. The van der Waals surface area contributed by atoms with E-state index < -0.39 is 0 Å². The molecule has 2 aliphatic heterocycles. The molecule has 2 aliphatic rings. The van der Waals surface area contributed by atoms with Crippen molar-refractivity contribution in [1.29, 1.82) is 0 Å². The van der Waals surface area contributed by atoms with Gasteiger partial charge in [0, 0.05) is 37.9 Å². The second kappa shape index (κ2) is 6.10. The van der Waals surface area contributed by atoms with Gasteiger partial charge >= 0.3 is 0 Å². The fourth-order valence-electron chi connectivity index (χ4n) is 3.51. The van der Waals surface area contributed by atoms with Crippen LogP contribution in [0.1, 0.15) is 37.4 Å². The minimum atomic E-state index is 0.603. The Bertz CT molecular complexity index is 438. The Balaban J connectivity index is 1.83. The molecule has 0 radical (unpaired) electrons. The van der Waals surface area contributed by atoms with Gasteiger partial charge in [0.15, 0.2) is 0 Å². The van der Waals surface area contributed by atoms with Gasteiger partial charge in [0.05, 0.1) is 0 Å². The summed E-state index contributed by atoms with van der Waals surface area (Å²) in [4.78, 5) is 9.97. The number of aromatic nitrogens is 1. The van der Waals surface area contributed by atoms with Crippen molar-refractivity contribution in [2.45, 2.75) is 45.2 Å². The Morgan fingerprint density at radius 3 is 2.90 bits per heavy atom. The van der Waals surface area contributed by atoms with Gasteiger partial charge in [-0.1, -0.05) is 6.92 Å². The van der Waals surface area contributed by atoms with E-state index in [-0.39, 0.29) is 0 Å². The number of hydrogen-bond acceptors (Lipinski definition) is 4. The fourth-order valence-corrected chi connectivity index (χ4v) is 3.51. The van der Waals surface area contributed by atoms with Crippen LogP contribution >= 0.6 is 0 Å². The summed E-state index contributed by atoms with van der Waals surface area (Å²) < 4.78 is 0. The van der Waals surface area contributed by atoms with Crippen LogP contribution in [0.2, 0.25) is 0 Å². The molecular weight excluding hydrogens is 248 g/mol. The lowest BCUT2D eigenvalue weighted by molar-refractivity contribution is 0.273. The molecule has 0 saturated carbocycles. The van der Waals surface area contributed by atoms with Crippen LogP contribution in [-0.4, -0.2) is 42.1 Å². The van der Waals surface area contributed by atoms with Gasteiger partial charge in [0.2, 0.25) is 0 Å². The highest BCUT2D eigenvalue weighted by Gasteiger charge is 2.29. The van der Waals surface area contributed by atoms with Gasteiger partial charge < -0.3 is 10.6 Å². The van der Waals surface area contributed by atoms with Gasteiger partial charge in [-0.25, -0.2) is 4.98 Å². The van der Waals surface area contributed by atoms with Crippen LogP contribution in [0, 0.1) is 0 Å². The van der Waals surface area contributed by atoms with Crippen molar-refractivity contribution in [3.8, 4) is 0 Å². The quantitative estimate of drug-likeness (QED) is 0.912. The molecule has 4 heteroatoms. The van der Waals surface area contributed by atoms with E-state index >= 15 is 0 Å². The maximum Gasteiger partial charge on any atom is 0.129 e. The highest BCUT2D eigenvalue weighted by atomic mass is 15.3. The summed E-state index contributed by atoms with van der Waals surface area (Å²) in [5, 5.41) is 0. The smallest absolute Gasteiger partial charge is 0.129 e. The van der Waals surface area contributed by atoms with Crippen molar-refractivity contribution < 1.29 is 0 Å². The molecule has 2 saturated heterocycles. The molecule has 1 aromatic rings. The number of fused-ring (bicyclic) bond motifs is 1. The van der Waals surface area contributed by atoms with Gasteiger partial charge in [0.1, 0.15) is 5.82 Å². The summed E-state index contributed by atoms with van der Waals surface area (Å²) in [6.07, 6.45) is 4.92. The second-order valence-electron chi connectivity index (χ2n) is 6.01. The first-order valence-corrected chi connectivity index (χ1v) is 7.99. The Labute approximate surface area is 122 Å². The molecule has 110 valence electrons. The SMILES string of the molecule is CCc1cc(CN)cc(N2CCCN3CCCC3C2)n1. The lowest BCUT2D eigenvalue weighted by atomic mass is 10.1. The first kappa shape index (κ1) is 13.8. The van der Waals surface area contributed by atoms with Crippen molar-refractivity contribution in [1.82, 2.24) is 9.88 Å². The zero-order valence-electron chi connectivity index (χ0n) is 12.5. The standard InChI is InChI=1S/C16H26N4/c1-2-14-9-13(11-17)10-16(18-14)20-8-4-7-19-6-3-5-15(19)12-20/h9-10,15H,2-8,11-12,17H2,1H3. The molecule has 20 heavy (non-hydrogen) atoms. The van der Waals surface area contributed by atoms with Crippen LogP contribution in [0.3, 0.4) is 0 Å². The first-order valence-electron chi connectivity index (χ1n) is 7.99. The van der Waals surface area contributed by atoms with Gasteiger partial charge in [0.25, 0.3) is 0 Å². The molecule has 3 heterocycles. The van der Waals surface area contributed by atoms with E-state index in [9.17, 15) is 0 Å². The van der Waals surface area contributed by atoms with E-state index in [1.807, 2.05) is 0 Å². The highest BCUT2D eigenvalue weighted by molar-refractivity contribution is 5.43. The van der Waals surface area contributed by atoms with Crippen molar-refractivity contribution in [3.63, 3.8) is 0 Å². The largest absolute Gasteiger partial charge is 0.355 e. The van der Waals surface area contributed by atoms with Crippen LogP contribution < -0.4 is 10.6 Å². The Hall–Kier alpha value is -1.13. The van der Waals surface area contributed by atoms with E-state index in [0.717, 1.165) is 37.1 Å². The molecule has 0 amide bonds. The Morgan fingerprint density at radius 2 is 2.10 bits per heavy atom. The van der Waals surface area contributed by atoms with Gasteiger partial charge in [-0.2, -0.15) is 0 Å². The number of rotatable bonds is 3. The first-order chi connectivity index (χ1) is 9.80. The predicted molar refractivity (Wildman–Crippen MR) is 82.9 cm³/mol. The third-order valence-electron chi connectivity index (χ3n) is 4.65. The molecule has 1 aromatic heterocycles. The maximum absolute atomic E-state index is 5.83. The summed E-state index contributed by atoms with van der Waals surface area (Å²) in [5.41, 5.74) is 8.20. The number of nitrogens with two attached hydrogens (primary N) is 1. The van der Waals surface area contributed by atoms with E-state index in [4.69, 9.17) is 10.7 Å². The topological polar surface area (TPSA) is 45.4 Å². The second-order valence-corrected chi connectivity index (χ2v) is 6.01. The maximum atomic E-state index is 5.83. The van der Waals surface area contributed by atoms with Crippen molar-refractivity contribution in [2.24, 2.45) is 5.73 Å². The lowest BCUT2D eigenvalue weighted by Gasteiger charge is -2.27. The zero-order valence-corrected chi connectivity index (χ0v) is 12.5. The zero-order chi connectivity index (χ0) is 13.9. The summed E-state index contributed by atoms with van der Waals surface area (Å²) in [7, 11) is 0. The normalized spacial score (nSPS) is 23.7. The molecular formula is C16H26N4. The predicted octanol–water partition coefficient (Wildman–Crippen LogP) is 1.78. The van der Waals surface area contributed by atoms with Crippen molar-refractivity contribution in [3.05, 3.63) is 23.4 Å². The Morgan fingerprint density at radius 1 is 1.25 bits per heavy atom. The van der Waals surface area contributed by atoms with Crippen LogP contribution in [0.5, 0.6) is 0 Å². The van der Waals surface area contributed by atoms with Crippen molar-refractivity contribution >= 4 is 5.82 Å². The third kappa shape index (κ3) is 2.81. The summed E-state index contributed by atoms with van der Waals surface area (Å²) >= 11 is 0. The van der Waals surface area contributed by atoms with Crippen LogP contribution in [0.25, 0.3) is 0 Å². The van der Waals surface area contributed by atoms with Crippen LogP contribution in [0.4, 0.5) is 5.82 Å². The molecule has 2 N–H and O–H groups in total. The third-order valence-corrected chi connectivity index (χ3v) is 4.65. The van der Waals surface area contributed by atoms with Crippen LogP contribution in [-0.2, 0) is 13.0 Å². The number of hydrogen-bond donors (Lipinski definition) is 1. The molecule has 4 nitrogen and oxygen atoms in total. The number of aryl methyl sites for hydroxylation is 1. The minimum Gasteiger partial charge on any atom is -0.355 e. The van der Waals surface area contributed by atoms with Gasteiger partial charge in [-0.3, -0.25) is 4.90 Å². The van der Waals surface area contributed by atoms with Gasteiger partial charge in [-0.15, -0.1) is 0 Å². The molecule has 0 bridgehead atoms. The molecule has 0 spiro atoms. The minimum absolute atomic E-state index is 0.603.